The molecule has 3 aromatic heterocycles. The third-order valence-corrected chi connectivity index (χ3v) is 8.56. The van der Waals surface area contributed by atoms with Gasteiger partial charge < -0.3 is 5.32 Å². The Hall–Kier alpha value is -2.14. The number of amides is 1. The molecule has 1 fully saturated rings. The number of hydrogen-bond donors (Lipinski definition) is 1. The van der Waals surface area contributed by atoms with Crippen LogP contribution >= 0.6 is 22.7 Å². The summed E-state index contributed by atoms with van der Waals surface area (Å²) in [6.45, 7) is 0.346. The third kappa shape index (κ3) is 3.86. The van der Waals surface area contributed by atoms with Gasteiger partial charge in [-0.1, -0.05) is 12.5 Å². The van der Waals surface area contributed by atoms with E-state index >= 15 is 0 Å². The van der Waals surface area contributed by atoms with E-state index < -0.39 is 16.1 Å². The topological polar surface area (TPSA) is 92.3 Å². The van der Waals surface area contributed by atoms with Crippen LogP contribution in [0.3, 0.4) is 0 Å². The quantitative estimate of drug-likeness (QED) is 0.664. The van der Waals surface area contributed by atoms with Crippen LogP contribution in [0.1, 0.15) is 19.3 Å². The van der Waals surface area contributed by atoms with Crippen LogP contribution in [0.4, 0.5) is 5.13 Å². The molecule has 1 aliphatic rings. The lowest BCUT2D eigenvalue weighted by Gasteiger charge is -2.32. The number of nitrogens with zero attached hydrogens (tertiary/aromatic N) is 3. The van der Waals surface area contributed by atoms with Crippen LogP contribution in [0.15, 0.2) is 51.6 Å². The van der Waals surface area contributed by atoms with Crippen molar-refractivity contribution in [1.82, 2.24) is 14.3 Å². The predicted molar refractivity (Wildman–Crippen MR) is 110 cm³/mol. The van der Waals surface area contributed by atoms with Crippen molar-refractivity contribution < 1.29 is 13.2 Å². The largest absolute Gasteiger partial charge is 0.301 e. The fourth-order valence-corrected chi connectivity index (χ4v) is 6.65. The van der Waals surface area contributed by atoms with Crippen LogP contribution in [0.25, 0.3) is 11.3 Å². The predicted octanol–water partition coefficient (Wildman–Crippen LogP) is 3.45. The zero-order chi connectivity index (χ0) is 19.6. The molecule has 1 N–H and O–H groups in total. The van der Waals surface area contributed by atoms with Crippen molar-refractivity contribution in [2.75, 3.05) is 11.9 Å². The maximum Gasteiger partial charge on any atom is 0.253 e. The molecule has 4 rings (SSSR count). The van der Waals surface area contributed by atoms with Gasteiger partial charge in [0.2, 0.25) is 5.91 Å². The molecule has 0 spiro atoms. The summed E-state index contributed by atoms with van der Waals surface area (Å²) in [4.78, 5) is 21.3. The highest BCUT2D eigenvalue weighted by atomic mass is 32.2. The monoisotopic (exact) mass is 434 g/mol. The molecule has 28 heavy (non-hydrogen) atoms. The van der Waals surface area contributed by atoms with Gasteiger partial charge in [0.15, 0.2) is 5.13 Å². The summed E-state index contributed by atoms with van der Waals surface area (Å²) >= 11 is 2.48. The highest BCUT2D eigenvalue weighted by Crippen LogP contribution is 2.29. The van der Waals surface area contributed by atoms with Gasteiger partial charge in [-0.3, -0.25) is 9.78 Å². The Bertz CT molecular complexity index is 1050. The zero-order valence-corrected chi connectivity index (χ0v) is 17.3. The first-order chi connectivity index (χ1) is 13.6. The average molecular weight is 435 g/mol. The van der Waals surface area contributed by atoms with E-state index in [0.717, 1.165) is 24.1 Å². The van der Waals surface area contributed by atoms with E-state index in [1.165, 1.54) is 27.0 Å². The van der Waals surface area contributed by atoms with Gasteiger partial charge in [-0.05, 0) is 36.4 Å². The minimum absolute atomic E-state index is 0.265. The average Bonchev–Trinajstić information content (AvgIpc) is 3.41. The standard InChI is InChI=1S/C18H18N4O3S3/c23-17(21-18-20-14(12-27-18)13-6-8-19-9-7-13)15-4-1-2-10-22(15)28(24,25)16-5-3-11-26-16/h3,5-9,11-12,15H,1-2,4,10H2,(H,20,21,23)/t15-/m1/s1. The van der Waals surface area contributed by atoms with E-state index in [1.54, 1.807) is 29.9 Å². The minimum atomic E-state index is -3.68. The Morgan fingerprint density at radius 2 is 2.00 bits per heavy atom. The van der Waals surface area contributed by atoms with Crippen molar-refractivity contribution in [2.24, 2.45) is 0 Å². The second-order valence-corrected chi connectivity index (χ2v) is 10.2. The molecular weight excluding hydrogens is 416 g/mol. The van der Waals surface area contributed by atoms with E-state index in [9.17, 15) is 13.2 Å². The molecule has 1 atom stereocenters. The molecule has 1 saturated heterocycles. The Labute approximate surface area is 171 Å². The molecule has 1 aliphatic heterocycles. The second-order valence-electron chi connectivity index (χ2n) is 6.32. The fraction of sp³-hybridized carbons (Fsp3) is 0.278. The number of anilines is 1. The number of nitrogens with one attached hydrogen (secondary N) is 1. The summed E-state index contributed by atoms with van der Waals surface area (Å²) in [5.41, 5.74) is 1.65. The highest BCUT2D eigenvalue weighted by Gasteiger charge is 2.38. The lowest BCUT2D eigenvalue weighted by molar-refractivity contribution is -0.120. The number of thiophene rings is 1. The van der Waals surface area contributed by atoms with E-state index in [2.05, 4.69) is 15.3 Å². The van der Waals surface area contributed by atoms with Crippen LogP contribution in [0.2, 0.25) is 0 Å². The summed E-state index contributed by atoms with van der Waals surface area (Å²) in [6.07, 6.45) is 5.43. The molecule has 10 heteroatoms. The number of rotatable bonds is 5. The van der Waals surface area contributed by atoms with E-state index in [0.29, 0.717) is 18.1 Å². The second kappa shape index (κ2) is 8.08. The lowest BCUT2D eigenvalue weighted by atomic mass is 10.0. The first-order valence-corrected chi connectivity index (χ1v) is 12.0. The van der Waals surface area contributed by atoms with Crippen molar-refractivity contribution in [2.45, 2.75) is 29.5 Å². The molecule has 0 radical (unpaired) electrons. The fourth-order valence-electron chi connectivity index (χ4n) is 3.16. The van der Waals surface area contributed by atoms with Crippen LogP contribution < -0.4 is 5.32 Å². The number of pyridine rings is 1. The normalized spacial score (nSPS) is 18.1. The molecule has 7 nitrogen and oxygen atoms in total. The third-order valence-electron chi connectivity index (χ3n) is 4.52. The summed E-state index contributed by atoms with van der Waals surface area (Å²) in [7, 11) is -3.68. The highest BCUT2D eigenvalue weighted by molar-refractivity contribution is 7.91. The Kier molecular flexibility index (Phi) is 5.54. The van der Waals surface area contributed by atoms with Crippen LogP contribution in [0, 0.1) is 0 Å². The van der Waals surface area contributed by atoms with Gasteiger partial charge in [-0.25, -0.2) is 13.4 Å². The maximum absolute atomic E-state index is 12.9. The Morgan fingerprint density at radius 3 is 2.75 bits per heavy atom. The van der Waals surface area contributed by atoms with Crippen LogP contribution in [-0.2, 0) is 14.8 Å². The number of carbonyl (C=O) groups is 1. The Balaban J connectivity index is 1.53. The number of aromatic nitrogens is 2. The SMILES string of the molecule is O=C(Nc1nc(-c2ccncc2)cs1)[C@H]1CCCCN1S(=O)(=O)c1cccs1. The number of piperidine rings is 1. The number of thiazole rings is 1. The number of carbonyl (C=O) groups excluding carboxylic acids is 1. The molecule has 0 saturated carbocycles. The molecule has 3 aromatic rings. The Morgan fingerprint density at radius 1 is 1.18 bits per heavy atom. The first-order valence-electron chi connectivity index (χ1n) is 8.78. The molecule has 1 amide bonds. The molecular formula is C18H18N4O3S3. The zero-order valence-electron chi connectivity index (χ0n) is 14.8. The van der Waals surface area contributed by atoms with Gasteiger partial charge in [0.25, 0.3) is 10.0 Å². The van der Waals surface area contributed by atoms with Gasteiger partial charge in [0.1, 0.15) is 10.3 Å². The number of hydrogen-bond acceptors (Lipinski definition) is 7. The van der Waals surface area contributed by atoms with Crippen molar-refractivity contribution in [3.8, 4) is 11.3 Å². The lowest BCUT2D eigenvalue weighted by Crippen LogP contribution is -2.49. The van der Waals surface area contributed by atoms with E-state index in [4.69, 9.17) is 0 Å². The molecule has 4 heterocycles. The van der Waals surface area contributed by atoms with Gasteiger partial charge in [-0.2, -0.15) is 4.31 Å². The van der Waals surface area contributed by atoms with Gasteiger partial charge >= 0.3 is 0 Å². The smallest absolute Gasteiger partial charge is 0.253 e. The van der Waals surface area contributed by atoms with Crippen molar-refractivity contribution in [1.29, 1.82) is 0 Å². The van der Waals surface area contributed by atoms with E-state index in [1.807, 2.05) is 17.5 Å². The molecule has 0 aliphatic carbocycles. The summed E-state index contributed by atoms with van der Waals surface area (Å²) in [5, 5.41) is 6.83. The molecule has 0 aromatic carbocycles. The summed E-state index contributed by atoms with van der Waals surface area (Å²) in [6, 6.07) is 6.24. The maximum atomic E-state index is 12.9. The minimum Gasteiger partial charge on any atom is -0.301 e. The van der Waals surface area contributed by atoms with Gasteiger partial charge in [-0.15, -0.1) is 22.7 Å². The van der Waals surface area contributed by atoms with Crippen LogP contribution in [0.5, 0.6) is 0 Å². The van der Waals surface area contributed by atoms with Gasteiger partial charge in [0, 0.05) is 29.9 Å². The molecule has 0 bridgehead atoms. The van der Waals surface area contributed by atoms with Crippen molar-refractivity contribution in [3.05, 3.63) is 47.4 Å². The summed E-state index contributed by atoms with van der Waals surface area (Å²) in [5.74, 6) is -0.338. The van der Waals surface area contributed by atoms with Crippen molar-refractivity contribution >= 4 is 43.7 Å². The van der Waals surface area contributed by atoms with Crippen molar-refractivity contribution in [3.63, 3.8) is 0 Å². The molecule has 0 unspecified atom stereocenters. The van der Waals surface area contributed by atoms with Gasteiger partial charge in [0.05, 0.1) is 5.69 Å². The number of sulfonamides is 1. The molecule has 146 valence electrons. The van der Waals surface area contributed by atoms with E-state index in [-0.39, 0.29) is 10.1 Å². The first kappa shape index (κ1) is 19.2. The van der Waals surface area contributed by atoms with Crippen LogP contribution in [-0.4, -0.2) is 41.2 Å². The summed E-state index contributed by atoms with van der Waals surface area (Å²) < 4.78 is 27.5.